The fraction of sp³-hybridized carbons (Fsp3) is 0.350. The van der Waals surface area contributed by atoms with Gasteiger partial charge in [0.05, 0.1) is 24.1 Å². The van der Waals surface area contributed by atoms with E-state index in [1.807, 2.05) is 0 Å². The Kier molecular flexibility index (Phi) is 7.18. The van der Waals surface area contributed by atoms with Crippen LogP contribution in [0.15, 0.2) is 45.4 Å². The number of hydrogen-bond acceptors (Lipinski definition) is 8. The fourth-order valence-corrected chi connectivity index (χ4v) is 3.72. The largest absolute Gasteiger partial charge is 0.466 e. The summed E-state index contributed by atoms with van der Waals surface area (Å²) in [5.41, 5.74) is 0.697. The van der Waals surface area contributed by atoms with Gasteiger partial charge in [0.15, 0.2) is 5.17 Å². The molecule has 1 amide bonds. The average Bonchev–Trinajstić information content (AvgIpc) is 3.07. The van der Waals surface area contributed by atoms with Crippen molar-refractivity contribution in [2.75, 3.05) is 7.11 Å². The Labute approximate surface area is 172 Å². The van der Waals surface area contributed by atoms with E-state index in [9.17, 15) is 14.4 Å². The third kappa shape index (κ3) is 6.02. The van der Waals surface area contributed by atoms with Gasteiger partial charge in [0.2, 0.25) is 0 Å². The Bertz CT molecular complexity index is 888. The SMILES string of the molecule is COC(=O)/C=C1/S/C(=N\N=Cc2cccc(OC(=O)C3CCCCC3)c2)NC1=O. The number of carbonyl (C=O) groups excluding carboxylic acids is 3. The lowest BCUT2D eigenvalue weighted by atomic mass is 9.89. The van der Waals surface area contributed by atoms with Gasteiger partial charge in [-0.25, -0.2) is 4.79 Å². The Morgan fingerprint density at radius 3 is 2.79 bits per heavy atom. The molecule has 1 aromatic carbocycles. The molecule has 9 heteroatoms. The number of esters is 2. The summed E-state index contributed by atoms with van der Waals surface area (Å²) < 4.78 is 10.00. The summed E-state index contributed by atoms with van der Waals surface area (Å²) in [6, 6.07) is 6.99. The number of thioether (sulfide) groups is 1. The van der Waals surface area contributed by atoms with Crippen molar-refractivity contribution in [3.8, 4) is 5.75 Å². The van der Waals surface area contributed by atoms with E-state index >= 15 is 0 Å². The molecule has 152 valence electrons. The van der Waals surface area contributed by atoms with Crippen molar-refractivity contribution < 1.29 is 23.9 Å². The first-order chi connectivity index (χ1) is 14.0. The van der Waals surface area contributed by atoms with E-state index in [-0.39, 0.29) is 22.0 Å². The number of benzene rings is 1. The van der Waals surface area contributed by atoms with Crippen LogP contribution < -0.4 is 10.1 Å². The van der Waals surface area contributed by atoms with Crippen LogP contribution in [0.1, 0.15) is 37.7 Å². The molecule has 8 nitrogen and oxygen atoms in total. The molecule has 0 unspecified atom stereocenters. The predicted molar refractivity (Wildman–Crippen MR) is 110 cm³/mol. The summed E-state index contributed by atoms with van der Waals surface area (Å²) >= 11 is 0.991. The molecule has 2 fully saturated rings. The second-order valence-corrected chi connectivity index (χ2v) is 7.60. The highest BCUT2D eigenvalue weighted by Gasteiger charge is 2.25. The number of nitrogens with zero attached hydrogens (tertiary/aromatic N) is 2. The third-order valence-corrected chi connectivity index (χ3v) is 5.37. The van der Waals surface area contributed by atoms with Gasteiger partial charge in [-0.2, -0.15) is 5.10 Å². The summed E-state index contributed by atoms with van der Waals surface area (Å²) in [5.74, 6) is -0.807. The van der Waals surface area contributed by atoms with Gasteiger partial charge in [-0.05, 0) is 42.3 Å². The molecule has 29 heavy (non-hydrogen) atoms. The molecule has 0 radical (unpaired) electrons. The molecular formula is C20H21N3O5S. The number of amidine groups is 1. The van der Waals surface area contributed by atoms with Gasteiger partial charge in [0.1, 0.15) is 5.75 Å². The van der Waals surface area contributed by atoms with E-state index in [1.165, 1.54) is 19.7 Å². The zero-order chi connectivity index (χ0) is 20.6. The van der Waals surface area contributed by atoms with Crippen molar-refractivity contribution >= 4 is 41.0 Å². The second kappa shape index (κ2) is 10.0. The molecule has 1 aliphatic carbocycles. The quantitative estimate of drug-likeness (QED) is 0.261. The first-order valence-electron chi connectivity index (χ1n) is 9.27. The smallest absolute Gasteiger partial charge is 0.331 e. The molecule has 0 spiro atoms. The minimum Gasteiger partial charge on any atom is -0.466 e. The van der Waals surface area contributed by atoms with E-state index < -0.39 is 11.9 Å². The Hall–Kier alpha value is -2.94. The molecule has 0 aromatic heterocycles. The molecular weight excluding hydrogens is 394 g/mol. The molecule has 3 rings (SSSR count). The minimum absolute atomic E-state index is 0.0253. The zero-order valence-electron chi connectivity index (χ0n) is 15.9. The van der Waals surface area contributed by atoms with Crippen LogP contribution in [0.5, 0.6) is 5.75 Å². The minimum atomic E-state index is -0.619. The van der Waals surface area contributed by atoms with Gasteiger partial charge >= 0.3 is 11.9 Å². The maximum absolute atomic E-state index is 12.3. The van der Waals surface area contributed by atoms with Crippen molar-refractivity contribution in [1.29, 1.82) is 0 Å². The van der Waals surface area contributed by atoms with Crippen LogP contribution in [-0.2, 0) is 19.1 Å². The van der Waals surface area contributed by atoms with Crippen LogP contribution in [-0.4, -0.2) is 36.3 Å². The van der Waals surface area contributed by atoms with Gasteiger partial charge < -0.3 is 9.47 Å². The highest BCUT2D eigenvalue weighted by Crippen LogP contribution is 2.26. The van der Waals surface area contributed by atoms with Crippen molar-refractivity contribution in [3.05, 3.63) is 40.8 Å². The van der Waals surface area contributed by atoms with Gasteiger partial charge in [-0.3, -0.25) is 14.9 Å². The fourth-order valence-electron chi connectivity index (χ4n) is 2.99. The van der Waals surface area contributed by atoms with E-state index in [1.54, 1.807) is 24.3 Å². The van der Waals surface area contributed by atoms with E-state index in [0.717, 1.165) is 43.5 Å². The topological polar surface area (TPSA) is 106 Å². The number of amides is 1. The van der Waals surface area contributed by atoms with Crippen LogP contribution >= 0.6 is 11.8 Å². The number of hydrogen-bond donors (Lipinski definition) is 1. The first-order valence-corrected chi connectivity index (χ1v) is 10.1. The lowest BCUT2D eigenvalue weighted by Gasteiger charge is -2.19. The number of rotatable bonds is 5. The predicted octanol–water partition coefficient (Wildman–Crippen LogP) is 2.78. The normalized spacial score (nSPS) is 20.2. The molecule has 1 N–H and O–H groups in total. The van der Waals surface area contributed by atoms with Crippen molar-refractivity contribution in [2.45, 2.75) is 32.1 Å². The summed E-state index contributed by atoms with van der Waals surface area (Å²) in [6.45, 7) is 0. The Morgan fingerprint density at radius 2 is 2.03 bits per heavy atom. The van der Waals surface area contributed by atoms with Crippen LogP contribution in [0.4, 0.5) is 0 Å². The Balaban J connectivity index is 1.60. The second-order valence-electron chi connectivity index (χ2n) is 6.57. The van der Waals surface area contributed by atoms with Gasteiger partial charge in [-0.1, -0.05) is 31.4 Å². The van der Waals surface area contributed by atoms with Gasteiger partial charge in [0.25, 0.3) is 5.91 Å². The van der Waals surface area contributed by atoms with Crippen LogP contribution in [0.3, 0.4) is 0 Å². The summed E-state index contributed by atoms with van der Waals surface area (Å²) in [4.78, 5) is 35.4. The monoisotopic (exact) mass is 415 g/mol. The zero-order valence-corrected chi connectivity index (χ0v) is 16.7. The van der Waals surface area contributed by atoms with E-state index in [2.05, 4.69) is 20.3 Å². The average molecular weight is 415 g/mol. The van der Waals surface area contributed by atoms with Crippen LogP contribution in [0, 0.1) is 5.92 Å². The summed E-state index contributed by atoms with van der Waals surface area (Å²) in [7, 11) is 1.23. The number of ether oxygens (including phenoxy) is 2. The Morgan fingerprint density at radius 1 is 1.24 bits per heavy atom. The maximum atomic E-state index is 12.3. The summed E-state index contributed by atoms with van der Waals surface area (Å²) in [5, 5.41) is 10.6. The van der Waals surface area contributed by atoms with Gasteiger partial charge in [0, 0.05) is 6.08 Å². The molecule has 1 heterocycles. The molecule has 1 aromatic rings. The number of methoxy groups -OCH3 is 1. The lowest BCUT2D eigenvalue weighted by molar-refractivity contribution is -0.140. The molecule has 1 aliphatic heterocycles. The third-order valence-electron chi connectivity index (χ3n) is 4.47. The van der Waals surface area contributed by atoms with E-state index in [4.69, 9.17) is 4.74 Å². The molecule has 0 atom stereocenters. The first kappa shape index (κ1) is 20.8. The molecule has 1 saturated heterocycles. The molecule has 0 bridgehead atoms. The molecule has 1 saturated carbocycles. The number of nitrogens with one attached hydrogen (secondary N) is 1. The lowest BCUT2D eigenvalue weighted by Crippen LogP contribution is -2.22. The van der Waals surface area contributed by atoms with Crippen LogP contribution in [0.25, 0.3) is 0 Å². The number of carbonyl (C=O) groups is 3. The molecule has 2 aliphatic rings. The van der Waals surface area contributed by atoms with Crippen molar-refractivity contribution in [1.82, 2.24) is 5.32 Å². The van der Waals surface area contributed by atoms with Crippen molar-refractivity contribution in [2.24, 2.45) is 16.1 Å². The maximum Gasteiger partial charge on any atom is 0.331 e. The van der Waals surface area contributed by atoms with Crippen molar-refractivity contribution in [3.63, 3.8) is 0 Å². The highest BCUT2D eigenvalue weighted by molar-refractivity contribution is 8.18. The van der Waals surface area contributed by atoms with Gasteiger partial charge in [-0.15, -0.1) is 5.10 Å². The standard InChI is InChI=1S/C20H21N3O5S/c1-27-17(24)11-16-18(25)22-20(29-16)23-21-12-13-6-5-9-15(10-13)28-19(26)14-7-3-2-4-8-14/h5-6,9-12,14H,2-4,7-8H2,1H3,(H,22,23,25)/b16-11+,21-12?. The highest BCUT2D eigenvalue weighted by atomic mass is 32.2. The van der Waals surface area contributed by atoms with E-state index in [0.29, 0.717) is 11.3 Å². The summed E-state index contributed by atoms with van der Waals surface area (Å²) in [6.07, 6.45) is 7.66. The van der Waals surface area contributed by atoms with Crippen LogP contribution in [0.2, 0.25) is 0 Å².